The Hall–Kier alpha value is -1.54. The summed E-state index contributed by atoms with van der Waals surface area (Å²) in [5.74, 6) is 0.977. The SMILES string of the molecule is Cc1ccc(C(C)N[C@H](C)c2ccco2)cc1C. The topological polar surface area (TPSA) is 25.2 Å². The Morgan fingerprint density at radius 2 is 1.78 bits per heavy atom. The predicted octanol–water partition coefficient (Wildman–Crippen LogP) is 4.31. The molecule has 96 valence electrons. The van der Waals surface area contributed by atoms with Crippen molar-refractivity contribution < 1.29 is 4.42 Å². The lowest BCUT2D eigenvalue weighted by atomic mass is 10.0. The van der Waals surface area contributed by atoms with Gasteiger partial charge in [-0.2, -0.15) is 0 Å². The smallest absolute Gasteiger partial charge is 0.120 e. The highest BCUT2D eigenvalue weighted by atomic mass is 16.3. The summed E-state index contributed by atoms with van der Waals surface area (Å²) in [6, 6.07) is 11.1. The molecule has 2 aromatic rings. The normalized spacial score (nSPS) is 14.4. The van der Waals surface area contributed by atoms with Gasteiger partial charge in [-0.3, -0.25) is 0 Å². The molecule has 1 aromatic heterocycles. The zero-order chi connectivity index (χ0) is 13.1. The molecule has 0 radical (unpaired) electrons. The van der Waals surface area contributed by atoms with Crippen molar-refractivity contribution in [1.82, 2.24) is 5.32 Å². The second kappa shape index (κ2) is 5.40. The maximum Gasteiger partial charge on any atom is 0.120 e. The lowest BCUT2D eigenvalue weighted by Gasteiger charge is -2.19. The van der Waals surface area contributed by atoms with E-state index in [4.69, 9.17) is 4.42 Å². The summed E-state index contributed by atoms with van der Waals surface area (Å²) in [5.41, 5.74) is 3.99. The second-order valence-corrected chi connectivity index (χ2v) is 4.97. The molecule has 2 heteroatoms. The Balaban J connectivity index is 2.07. The van der Waals surface area contributed by atoms with Crippen molar-refractivity contribution in [3.05, 3.63) is 59.0 Å². The van der Waals surface area contributed by atoms with Crippen molar-refractivity contribution in [3.8, 4) is 0 Å². The molecule has 2 nitrogen and oxygen atoms in total. The third-order valence-electron chi connectivity index (χ3n) is 3.50. The predicted molar refractivity (Wildman–Crippen MR) is 74.6 cm³/mol. The van der Waals surface area contributed by atoms with E-state index in [1.807, 2.05) is 12.1 Å². The average Bonchev–Trinajstić information content (AvgIpc) is 2.86. The molecule has 18 heavy (non-hydrogen) atoms. The van der Waals surface area contributed by atoms with Gasteiger partial charge in [-0.05, 0) is 56.5 Å². The minimum atomic E-state index is 0.219. The molecule has 1 unspecified atom stereocenters. The van der Waals surface area contributed by atoms with Crippen molar-refractivity contribution in [2.45, 2.75) is 39.8 Å². The van der Waals surface area contributed by atoms with E-state index in [0.29, 0.717) is 6.04 Å². The van der Waals surface area contributed by atoms with E-state index >= 15 is 0 Å². The van der Waals surface area contributed by atoms with Gasteiger partial charge in [-0.15, -0.1) is 0 Å². The number of furan rings is 1. The standard InChI is InChI=1S/C16H21NO/c1-11-7-8-15(10-12(11)2)13(3)17-14(4)16-6-5-9-18-16/h5-10,13-14,17H,1-4H3/t13?,14-/m1/s1. The zero-order valence-corrected chi connectivity index (χ0v) is 11.5. The molecule has 1 N–H and O–H groups in total. The van der Waals surface area contributed by atoms with Gasteiger partial charge in [0.2, 0.25) is 0 Å². The van der Waals surface area contributed by atoms with Gasteiger partial charge < -0.3 is 9.73 Å². The van der Waals surface area contributed by atoms with E-state index in [1.165, 1.54) is 16.7 Å². The first-order chi connectivity index (χ1) is 8.58. The van der Waals surface area contributed by atoms with Gasteiger partial charge in [-0.25, -0.2) is 0 Å². The summed E-state index contributed by atoms with van der Waals surface area (Å²) in [6.07, 6.45) is 1.72. The molecule has 0 spiro atoms. The lowest BCUT2D eigenvalue weighted by molar-refractivity contribution is 0.403. The van der Waals surface area contributed by atoms with Crippen LogP contribution in [0.15, 0.2) is 41.0 Å². The van der Waals surface area contributed by atoms with Gasteiger partial charge in [0.25, 0.3) is 0 Å². The van der Waals surface area contributed by atoms with Crippen LogP contribution in [0.4, 0.5) is 0 Å². The van der Waals surface area contributed by atoms with Crippen LogP contribution in [0.25, 0.3) is 0 Å². The van der Waals surface area contributed by atoms with Crippen molar-refractivity contribution in [2.24, 2.45) is 0 Å². The highest BCUT2D eigenvalue weighted by Gasteiger charge is 2.13. The third kappa shape index (κ3) is 2.82. The molecule has 0 fully saturated rings. The quantitative estimate of drug-likeness (QED) is 0.865. The van der Waals surface area contributed by atoms with Crippen LogP contribution in [0.3, 0.4) is 0 Å². The van der Waals surface area contributed by atoms with Gasteiger partial charge in [0.15, 0.2) is 0 Å². The Labute approximate surface area is 109 Å². The maximum atomic E-state index is 5.41. The average molecular weight is 243 g/mol. The van der Waals surface area contributed by atoms with Crippen LogP contribution >= 0.6 is 0 Å². The summed E-state index contributed by atoms with van der Waals surface area (Å²) < 4.78 is 5.41. The summed E-state index contributed by atoms with van der Waals surface area (Å²) in [6.45, 7) is 8.60. The minimum Gasteiger partial charge on any atom is -0.468 e. The van der Waals surface area contributed by atoms with E-state index in [2.05, 4.69) is 51.2 Å². The third-order valence-corrected chi connectivity index (χ3v) is 3.50. The molecule has 0 aliphatic carbocycles. The Kier molecular flexibility index (Phi) is 3.87. The van der Waals surface area contributed by atoms with E-state index in [1.54, 1.807) is 6.26 Å². The van der Waals surface area contributed by atoms with Gasteiger partial charge in [0.1, 0.15) is 5.76 Å². The Morgan fingerprint density at radius 1 is 1.00 bits per heavy atom. The first-order valence-corrected chi connectivity index (χ1v) is 6.44. The first-order valence-electron chi connectivity index (χ1n) is 6.44. The van der Waals surface area contributed by atoms with Crippen LogP contribution in [-0.4, -0.2) is 0 Å². The Morgan fingerprint density at radius 3 is 2.39 bits per heavy atom. The fourth-order valence-electron chi connectivity index (χ4n) is 2.12. The van der Waals surface area contributed by atoms with Crippen molar-refractivity contribution in [3.63, 3.8) is 0 Å². The van der Waals surface area contributed by atoms with E-state index < -0.39 is 0 Å². The molecular weight excluding hydrogens is 222 g/mol. The van der Waals surface area contributed by atoms with Crippen molar-refractivity contribution >= 4 is 0 Å². The van der Waals surface area contributed by atoms with Crippen LogP contribution in [-0.2, 0) is 0 Å². The van der Waals surface area contributed by atoms with Crippen LogP contribution in [0, 0.1) is 13.8 Å². The molecule has 0 aliphatic rings. The fourth-order valence-corrected chi connectivity index (χ4v) is 2.12. The fraction of sp³-hybridized carbons (Fsp3) is 0.375. The monoisotopic (exact) mass is 243 g/mol. The number of hydrogen-bond donors (Lipinski definition) is 1. The molecule has 1 aromatic carbocycles. The van der Waals surface area contributed by atoms with Gasteiger partial charge in [0.05, 0.1) is 12.3 Å². The molecule has 0 amide bonds. The van der Waals surface area contributed by atoms with Gasteiger partial charge >= 0.3 is 0 Å². The highest BCUT2D eigenvalue weighted by Crippen LogP contribution is 2.21. The summed E-state index contributed by atoms with van der Waals surface area (Å²) in [7, 11) is 0. The molecule has 0 aliphatic heterocycles. The van der Waals surface area contributed by atoms with Crippen LogP contribution in [0.2, 0.25) is 0 Å². The first kappa shape index (κ1) is 12.9. The summed E-state index contributed by atoms with van der Waals surface area (Å²) in [5, 5.41) is 3.55. The van der Waals surface area contributed by atoms with Crippen molar-refractivity contribution in [1.29, 1.82) is 0 Å². The number of hydrogen-bond acceptors (Lipinski definition) is 2. The molecule has 2 atom stereocenters. The van der Waals surface area contributed by atoms with Crippen LogP contribution in [0.5, 0.6) is 0 Å². The lowest BCUT2D eigenvalue weighted by Crippen LogP contribution is -2.22. The van der Waals surface area contributed by atoms with E-state index in [0.717, 1.165) is 5.76 Å². The molecule has 0 bridgehead atoms. The molecule has 2 rings (SSSR count). The number of benzene rings is 1. The van der Waals surface area contributed by atoms with Crippen LogP contribution < -0.4 is 5.32 Å². The Bertz CT molecular complexity index is 502. The summed E-state index contributed by atoms with van der Waals surface area (Å²) in [4.78, 5) is 0. The second-order valence-electron chi connectivity index (χ2n) is 4.97. The summed E-state index contributed by atoms with van der Waals surface area (Å²) >= 11 is 0. The van der Waals surface area contributed by atoms with E-state index in [9.17, 15) is 0 Å². The minimum absolute atomic E-state index is 0.219. The molecular formula is C16H21NO. The zero-order valence-electron chi connectivity index (χ0n) is 11.5. The number of nitrogens with one attached hydrogen (secondary N) is 1. The number of rotatable bonds is 4. The molecule has 1 heterocycles. The largest absolute Gasteiger partial charge is 0.468 e. The molecule has 0 saturated heterocycles. The van der Waals surface area contributed by atoms with Crippen molar-refractivity contribution in [2.75, 3.05) is 0 Å². The van der Waals surface area contributed by atoms with Crippen LogP contribution in [0.1, 0.15) is 48.4 Å². The molecule has 0 saturated carbocycles. The maximum absolute atomic E-state index is 5.41. The van der Waals surface area contributed by atoms with E-state index in [-0.39, 0.29) is 6.04 Å². The van der Waals surface area contributed by atoms with Gasteiger partial charge in [0, 0.05) is 6.04 Å². The van der Waals surface area contributed by atoms with Gasteiger partial charge in [-0.1, -0.05) is 18.2 Å². The highest BCUT2D eigenvalue weighted by molar-refractivity contribution is 5.31. The number of aryl methyl sites for hydroxylation is 2.